The quantitative estimate of drug-likeness (QED) is 0.423. The summed E-state index contributed by atoms with van der Waals surface area (Å²) >= 11 is 0. The minimum absolute atomic E-state index is 0.110. The molecule has 3 heterocycles. The van der Waals surface area contributed by atoms with Gasteiger partial charge in [0.25, 0.3) is 0 Å². The number of rotatable bonds is 5. The molecule has 0 unspecified atom stereocenters. The van der Waals surface area contributed by atoms with Gasteiger partial charge in [-0.2, -0.15) is 10.1 Å². The standard InChI is InChI=1S/C19H17F2N7/c20-11-4-9(12-1-2-23-15(12)5-11)3-10-8-24-19(22)26-18(10)25-17-7-16(27-28-17)13-6-14(13)21/h1-2,4-5,7-8,13-14,23H,3,6H2,(H4,22,24,25,26,27,28)/t13-,14-/m0/s1. The lowest BCUT2D eigenvalue weighted by Gasteiger charge is -2.10. The molecule has 0 spiro atoms. The molecule has 0 bridgehead atoms. The zero-order valence-corrected chi connectivity index (χ0v) is 14.7. The molecular weight excluding hydrogens is 364 g/mol. The largest absolute Gasteiger partial charge is 0.368 e. The molecule has 0 saturated heterocycles. The molecule has 4 aromatic rings. The zero-order valence-electron chi connectivity index (χ0n) is 14.7. The van der Waals surface area contributed by atoms with E-state index in [4.69, 9.17) is 5.73 Å². The van der Waals surface area contributed by atoms with Gasteiger partial charge in [0.2, 0.25) is 5.95 Å². The van der Waals surface area contributed by atoms with Gasteiger partial charge in [-0.1, -0.05) is 0 Å². The second-order valence-corrected chi connectivity index (χ2v) is 6.97. The molecule has 1 aromatic carbocycles. The molecule has 3 aromatic heterocycles. The lowest BCUT2D eigenvalue weighted by Crippen LogP contribution is -2.05. The van der Waals surface area contributed by atoms with Crippen LogP contribution < -0.4 is 11.1 Å². The average Bonchev–Trinajstić information content (AvgIpc) is 3.05. The van der Waals surface area contributed by atoms with Gasteiger partial charge in [0, 0.05) is 53.0 Å². The molecule has 0 amide bonds. The fourth-order valence-electron chi connectivity index (χ4n) is 3.41. The topological polar surface area (TPSA) is 108 Å². The Morgan fingerprint density at radius 1 is 1.25 bits per heavy atom. The van der Waals surface area contributed by atoms with Crippen LogP contribution in [0.5, 0.6) is 0 Å². The Kier molecular flexibility index (Phi) is 3.75. The van der Waals surface area contributed by atoms with E-state index < -0.39 is 6.17 Å². The van der Waals surface area contributed by atoms with Crippen LogP contribution in [0, 0.1) is 5.82 Å². The minimum atomic E-state index is -0.810. The fraction of sp³-hybridized carbons (Fsp3) is 0.211. The van der Waals surface area contributed by atoms with Crippen LogP contribution in [0.15, 0.2) is 36.7 Å². The highest BCUT2D eigenvalue weighted by Gasteiger charge is 2.40. The van der Waals surface area contributed by atoms with E-state index >= 15 is 0 Å². The van der Waals surface area contributed by atoms with Crippen molar-refractivity contribution >= 4 is 28.5 Å². The van der Waals surface area contributed by atoms with Crippen LogP contribution in [0.2, 0.25) is 0 Å². The van der Waals surface area contributed by atoms with Crippen LogP contribution in [0.4, 0.5) is 26.4 Å². The number of nitrogens with one attached hydrogen (secondary N) is 3. The summed E-state index contributed by atoms with van der Waals surface area (Å²) in [5.41, 5.74) is 8.76. The Labute approximate surface area is 158 Å². The number of alkyl halides is 1. The summed E-state index contributed by atoms with van der Waals surface area (Å²) in [6.45, 7) is 0. The Bertz CT molecular complexity index is 1170. The maximum atomic E-state index is 14.0. The molecule has 7 nitrogen and oxygen atoms in total. The van der Waals surface area contributed by atoms with Crippen molar-refractivity contribution in [2.24, 2.45) is 0 Å². The number of halogens is 2. The smallest absolute Gasteiger partial charge is 0.221 e. The van der Waals surface area contributed by atoms with Crippen molar-refractivity contribution in [1.29, 1.82) is 0 Å². The summed E-state index contributed by atoms with van der Waals surface area (Å²) in [5, 5.41) is 11.1. The molecule has 5 N–H and O–H groups in total. The molecular formula is C19H17F2N7. The molecule has 9 heteroatoms. The molecule has 1 aliphatic carbocycles. The van der Waals surface area contributed by atoms with E-state index in [1.54, 1.807) is 18.5 Å². The maximum Gasteiger partial charge on any atom is 0.221 e. The Morgan fingerprint density at radius 2 is 2.11 bits per heavy atom. The van der Waals surface area contributed by atoms with E-state index in [0.717, 1.165) is 27.7 Å². The maximum absolute atomic E-state index is 14.0. The highest BCUT2D eigenvalue weighted by molar-refractivity contribution is 5.83. The number of nitrogen functional groups attached to an aromatic ring is 1. The predicted molar refractivity (Wildman–Crippen MR) is 102 cm³/mol. The lowest BCUT2D eigenvalue weighted by molar-refractivity contribution is 0.466. The van der Waals surface area contributed by atoms with E-state index in [2.05, 4.69) is 30.5 Å². The van der Waals surface area contributed by atoms with Gasteiger partial charge in [0.05, 0.1) is 0 Å². The lowest BCUT2D eigenvalue weighted by atomic mass is 10.0. The summed E-state index contributed by atoms with van der Waals surface area (Å²) in [4.78, 5) is 11.4. The Balaban J connectivity index is 1.47. The van der Waals surface area contributed by atoms with E-state index in [-0.39, 0.29) is 17.7 Å². The number of benzene rings is 1. The van der Waals surface area contributed by atoms with Gasteiger partial charge in [0.1, 0.15) is 17.8 Å². The molecule has 1 fully saturated rings. The van der Waals surface area contributed by atoms with Crippen LogP contribution >= 0.6 is 0 Å². The number of nitrogens with two attached hydrogens (primary N) is 1. The van der Waals surface area contributed by atoms with Gasteiger partial charge in [-0.25, -0.2) is 13.8 Å². The molecule has 0 aliphatic heterocycles. The molecule has 142 valence electrons. The van der Waals surface area contributed by atoms with Crippen LogP contribution in [-0.4, -0.2) is 31.3 Å². The summed E-state index contributed by atoms with van der Waals surface area (Å²) in [7, 11) is 0. The molecule has 1 aliphatic rings. The van der Waals surface area contributed by atoms with Gasteiger partial charge in [-0.3, -0.25) is 5.10 Å². The van der Waals surface area contributed by atoms with Crippen LogP contribution in [0.1, 0.15) is 29.2 Å². The highest BCUT2D eigenvalue weighted by atomic mass is 19.1. The second kappa shape index (κ2) is 6.29. The normalized spacial score (nSPS) is 18.5. The molecule has 1 saturated carbocycles. The molecule has 5 rings (SSSR count). The minimum Gasteiger partial charge on any atom is -0.368 e. The number of nitrogens with zero attached hydrogens (tertiary/aromatic N) is 3. The van der Waals surface area contributed by atoms with E-state index in [1.807, 2.05) is 6.07 Å². The summed E-state index contributed by atoms with van der Waals surface area (Å²) in [6, 6.07) is 6.62. The monoisotopic (exact) mass is 381 g/mol. The van der Waals surface area contributed by atoms with Gasteiger partial charge in [0.15, 0.2) is 5.82 Å². The van der Waals surface area contributed by atoms with Crippen molar-refractivity contribution in [1.82, 2.24) is 25.1 Å². The van der Waals surface area contributed by atoms with Crippen LogP contribution in [-0.2, 0) is 6.42 Å². The first-order chi connectivity index (χ1) is 13.6. The van der Waals surface area contributed by atoms with E-state index in [9.17, 15) is 8.78 Å². The number of hydrogen-bond donors (Lipinski definition) is 4. The second-order valence-electron chi connectivity index (χ2n) is 6.97. The predicted octanol–water partition coefficient (Wildman–Crippen LogP) is 3.56. The zero-order chi connectivity index (χ0) is 19.3. The van der Waals surface area contributed by atoms with E-state index in [1.165, 1.54) is 12.1 Å². The number of H-pyrrole nitrogens is 2. The Hall–Kier alpha value is -3.49. The fourth-order valence-corrected chi connectivity index (χ4v) is 3.41. The van der Waals surface area contributed by atoms with Crippen molar-refractivity contribution < 1.29 is 8.78 Å². The van der Waals surface area contributed by atoms with Crippen molar-refractivity contribution in [3.8, 4) is 0 Å². The Morgan fingerprint density at radius 3 is 2.93 bits per heavy atom. The average molecular weight is 381 g/mol. The van der Waals surface area contributed by atoms with Gasteiger partial charge >= 0.3 is 0 Å². The van der Waals surface area contributed by atoms with Crippen molar-refractivity contribution in [3.05, 3.63) is 59.3 Å². The van der Waals surface area contributed by atoms with Crippen molar-refractivity contribution in [3.63, 3.8) is 0 Å². The molecule has 0 radical (unpaired) electrons. The number of aromatic amines is 2. The van der Waals surface area contributed by atoms with Gasteiger partial charge < -0.3 is 16.0 Å². The van der Waals surface area contributed by atoms with Gasteiger partial charge in [-0.15, -0.1) is 0 Å². The third-order valence-electron chi connectivity index (χ3n) is 4.94. The summed E-state index contributed by atoms with van der Waals surface area (Å²) < 4.78 is 27.2. The summed E-state index contributed by atoms with van der Waals surface area (Å²) in [6.07, 6.45) is 3.49. The highest BCUT2D eigenvalue weighted by Crippen LogP contribution is 2.43. The molecule has 2 atom stereocenters. The number of anilines is 3. The van der Waals surface area contributed by atoms with Crippen LogP contribution in [0.3, 0.4) is 0 Å². The van der Waals surface area contributed by atoms with Crippen LogP contribution in [0.25, 0.3) is 10.9 Å². The first kappa shape index (κ1) is 16.7. The number of aromatic nitrogens is 5. The van der Waals surface area contributed by atoms with E-state index in [0.29, 0.717) is 24.5 Å². The first-order valence-electron chi connectivity index (χ1n) is 8.90. The first-order valence-corrected chi connectivity index (χ1v) is 8.90. The third-order valence-corrected chi connectivity index (χ3v) is 4.94. The van der Waals surface area contributed by atoms with Crippen molar-refractivity contribution in [2.45, 2.75) is 24.9 Å². The van der Waals surface area contributed by atoms with Crippen molar-refractivity contribution in [2.75, 3.05) is 11.1 Å². The molecule has 28 heavy (non-hydrogen) atoms. The third kappa shape index (κ3) is 3.04. The number of fused-ring (bicyclic) bond motifs is 1. The summed E-state index contributed by atoms with van der Waals surface area (Å²) in [5.74, 6) is 0.662. The number of hydrogen-bond acceptors (Lipinski definition) is 5. The van der Waals surface area contributed by atoms with Gasteiger partial charge in [-0.05, 0) is 30.2 Å². The SMILES string of the molecule is Nc1ncc(Cc2cc(F)cc3[nH]ccc23)c(Nc2cc([C@H]3C[C@@H]3F)[nH]n2)n1.